The van der Waals surface area contributed by atoms with Crippen LogP contribution in [0.4, 0.5) is 5.82 Å². The van der Waals surface area contributed by atoms with E-state index in [9.17, 15) is 4.79 Å². The quantitative estimate of drug-likeness (QED) is 0.566. The predicted molar refractivity (Wildman–Crippen MR) is 132 cm³/mol. The number of aromatic nitrogens is 2. The van der Waals surface area contributed by atoms with Crippen LogP contribution in [0.15, 0.2) is 46.7 Å². The number of amides is 1. The third kappa shape index (κ3) is 6.09. The molecule has 7 nitrogen and oxygen atoms in total. The van der Waals surface area contributed by atoms with Crippen molar-refractivity contribution in [3.05, 3.63) is 52.6 Å². The molecule has 8 heteroatoms. The fourth-order valence-electron chi connectivity index (χ4n) is 3.97. The van der Waals surface area contributed by atoms with Crippen molar-refractivity contribution in [2.45, 2.75) is 25.8 Å². The Morgan fingerprint density at radius 3 is 2.75 bits per heavy atom. The fraction of sp³-hybridized carbons (Fsp3) is 0.458. The summed E-state index contributed by atoms with van der Waals surface area (Å²) in [5, 5.41) is 9.80. The monoisotopic (exact) mass is 452 g/mol. The van der Waals surface area contributed by atoms with Crippen LogP contribution in [0.1, 0.15) is 25.1 Å². The second kappa shape index (κ2) is 11.4. The number of thioether (sulfide) groups is 1. The Morgan fingerprint density at radius 2 is 1.97 bits per heavy atom. The molecule has 4 rings (SSSR count). The number of fused-ring (bicyclic) bond motifs is 1. The van der Waals surface area contributed by atoms with Gasteiger partial charge in [-0.3, -0.25) is 9.69 Å². The zero-order valence-electron chi connectivity index (χ0n) is 18.7. The van der Waals surface area contributed by atoms with Crippen LogP contribution in [0.3, 0.4) is 0 Å². The lowest BCUT2D eigenvalue weighted by atomic mass is 10.2. The number of para-hydroxylation sites is 1. The predicted octanol–water partition coefficient (Wildman–Crippen LogP) is 3.22. The molecule has 1 amide bonds. The van der Waals surface area contributed by atoms with Gasteiger partial charge in [0.05, 0.1) is 18.5 Å². The summed E-state index contributed by atoms with van der Waals surface area (Å²) < 4.78 is 0. The summed E-state index contributed by atoms with van der Waals surface area (Å²) in [5.74, 6) is 1.96. The van der Waals surface area contributed by atoms with E-state index in [1.54, 1.807) is 11.8 Å². The Balaban J connectivity index is 1.34. The Hall–Kier alpha value is -2.42. The van der Waals surface area contributed by atoms with E-state index in [2.05, 4.69) is 39.2 Å². The van der Waals surface area contributed by atoms with E-state index >= 15 is 0 Å². The first kappa shape index (κ1) is 22.8. The Bertz CT molecular complexity index is 984. The molecular formula is C24H32N6OS. The van der Waals surface area contributed by atoms with Gasteiger partial charge in [-0.15, -0.1) is 11.8 Å². The molecule has 1 fully saturated rings. The fourth-order valence-corrected chi connectivity index (χ4v) is 4.75. The molecule has 32 heavy (non-hydrogen) atoms. The van der Waals surface area contributed by atoms with Gasteiger partial charge in [0.15, 0.2) is 0 Å². The minimum atomic E-state index is 0.230. The Morgan fingerprint density at radius 1 is 1.12 bits per heavy atom. The molecular weight excluding hydrogens is 420 g/mol. The summed E-state index contributed by atoms with van der Waals surface area (Å²) in [7, 11) is 1.97. The second-order valence-corrected chi connectivity index (χ2v) is 9.15. The molecule has 1 aromatic carbocycles. The molecule has 0 unspecified atom stereocenters. The number of carbonyl (C=O) groups is 1. The number of hydrogen-bond donors (Lipinski definition) is 2. The molecule has 1 aromatic heterocycles. The summed E-state index contributed by atoms with van der Waals surface area (Å²) in [4.78, 5) is 27.8. The van der Waals surface area contributed by atoms with Gasteiger partial charge in [-0.2, -0.15) is 0 Å². The molecule has 2 aliphatic rings. The summed E-state index contributed by atoms with van der Waals surface area (Å²) in [5.41, 5.74) is 0.967. The normalized spacial score (nSPS) is 16.9. The van der Waals surface area contributed by atoms with Crippen molar-refractivity contribution in [1.82, 2.24) is 25.1 Å². The van der Waals surface area contributed by atoms with Crippen LogP contribution in [0.25, 0.3) is 10.9 Å². The lowest BCUT2D eigenvalue weighted by Crippen LogP contribution is -2.48. The first-order chi connectivity index (χ1) is 15.7. The lowest BCUT2D eigenvalue weighted by molar-refractivity contribution is -0.132. The van der Waals surface area contributed by atoms with Gasteiger partial charge in [0.1, 0.15) is 11.6 Å². The number of carbonyl (C=O) groups excluding carboxylic acids is 1. The van der Waals surface area contributed by atoms with E-state index in [0.29, 0.717) is 13.0 Å². The number of nitrogens with zero attached hydrogens (tertiary/aromatic N) is 4. The van der Waals surface area contributed by atoms with Crippen molar-refractivity contribution in [1.29, 1.82) is 0 Å². The molecule has 170 valence electrons. The first-order valence-electron chi connectivity index (χ1n) is 11.4. The number of anilines is 1. The number of rotatable bonds is 9. The van der Waals surface area contributed by atoms with Crippen LogP contribution >= 0.6 is 11.8 Å². The Labute approximate surface area is 194 Å². The zero-order valence-corrected chi connectivity index (χ0v) is 19.5. The molecule has 3 heterocycles. The highest BCUT2D eigenvalue weighted by atomic mass is 32.2. The van der Waals surface area contributed by atoms with Gasteiger partial charge in [-0.1, -0.05) is 24.3 Å². The molecule has 1 saturated heterocycles. The number of allylic oxidation sites excluding steroid dienone is 2. The average Bonchev–Trinajstić information content (AvgIpc) is 2.83. The van der Waals surface area contributed by atoms with Crippen molar-refractivity contribution in [2.24, 2.45) is 0 Å². The molecule has 0 atom stereocenters. The van der Waals surface area contributed by atoms with Crippen molar-refractivity contribution in [2.75, 3.05) is 51.6 Å². The molecule has 0 bridgehead atoms. The average molecular weight is 453 g/mol. The van der Waals surface area contributed by atoms with Gasteiger partial charge >= 0.3 is 0 Å². The molecule has 2 aromatic rings. The molecule has 0 spiro atoms. The number of benzene rings is 1. The maximum Gasteiger partial charge on any atom is 0.227 e. The molecule has 0 radical (unpaired) electrons. The van der Waals surface area contributed by atoms with E-state index in [-0.39, 0.29) is 5.91 Å². The van der Waals surface area contributed by atoms with Crippen LogP contribution < -0.4 is 10.6 Å². The van der Waals surface area contributed by atoms with Crippen molar-refractivity contribution >= 4 is 34.4 Å². The van der Waals surface area contributed by atoms with Crippen LogP contribution in [-0.4, -0.2) is 72.0 Å². The molecule has 0 saturated carbocycles. The van der Waals surface area contributed by atoms with E-state index in [1.165, 1.54) is 4.91 Å². The summed E-state index contributed by atoms with van der Waals surface area (Å²) in [6, 6.07) is 8.16. The third-order valence-electron chi connectivity index (χ3n) is 5.76. The van der Waals surface area contributed by atoms with Crippen LogP contribution in [0.2, 0.25) is 0 Å². The smallest absolute Gasteiger partial charge is 0.227 e. The van der Waals surface area contributed by atoms with Gasteiger partial charge in [0, 0.05) is 38.1 Å². The summed E-state index contributed by atoms with van der Waals surface area (Å²) in [6.45, 7) is 5.75. The third-order valence-corrected chi connectivity index (χ3v) is 6.70. The maximum absolute atomic E-state index is 12.7. The van der Waals surface area contributed by atoms with E-state index in [1.807, 2.05) is 30.1 Å². The van der Waals surface area contributed by atoms with Crippen molar-refractivity contribution < 1.29 is 4.79 Å². The minimum absolute atomic E-state index is 0.230. The van der Waals surface area contributed by atoms with Gasteiger partial charge in [-0.05, 0) is 48.9 Å². The van der Waals surface area contributed by atoms with Crippen LogP contribution in [-0.2, 0) is 11.3 Å². The standard InChI is InChI=1S/C24H32N6OS/c1-25-10-6-11-26-24-20-8-2-3-9-21(20)27-22(28-24)18-29-12-14-30(15-13-29)23(31)17-19-7-4-5-16-32-19/h2-3,5,7-9,16,25H,4,6,10-15,17-18H2,1H3,(H,26,27,28). The summed E-state index contributed by atoms with van der Waals surface area (Å²) >= 11 is 1.66. The van der Waals surface area contributed by atoms with E-state index in [4.69, 9.17) is 9.97 Å². The van der Waals surface area contributed by atoms with Crippen molar-refractivity contribution in [3.8, 4) is 0 Å². The van der Waals surface area contributed by atoms with Crippen LogP contribution in [0.5, 0.6) is 0 Å². The topological polar surface area (TPSA) is 73.4 Å². The number of piperazine rings is 1. The van der Waals surface area contributed by atoms with Crippen molar-refractivity contribution in [3.63, 3.8) is 0 Å². The number of nitrogens with one attached hydrogen (secondary N) is 2. The lowest BCUT2D eigenvalue weighted by Gasteiger charge is -2.34. The highest BCUT2D eigenvalue weighted by molar-refractivity contribution is 8.05. The highest BCUT2D eigenvalue weighted by Gasteiger charge is 2.23. The Kier molecular flexibility index (Phi) is 8.14. The second-order valence-electron chi connectivity index (χ2n) is 8.12. The highest BCUT2D eigenvalue weighted by Crippen LogP contribution is 2.26. The summed E-state index contributed by atoms with van der Waals surface area (Å²) in [6.07, 6.45) is 6.76. The largest absolute Gasteiger partial charge is 0.369 e. The van der Waals surface area contributed by atoms with Gasteiger partial charge < -0.3 is 15.5 Å². The van der Waals surface area contributed by atoms with E-state index < -0.39 is 0 Å². The molecule has 2 N–H and O–H groups in total. The zero-order chi connectivity index (χ0) is 22.2. The van der Waals surface area contributed by atoms with Gasteiger partial charge in [0.25, 0.3) is 0 Å². The number of hydrogen-bond acceptors (Lipinski definition) is 7. The maximum atomic E-state index is 12.7. The van der Waals surface area contributed by atoms with Crippen LogP contribution in [0, 0.1) is 0 Å². The van der Waals surface area contributed by atoms with E-state index in [0.717, 1.165) is 74.7 Å². The van der Waals surface area contributed by atoms with Gasteiger partial charge in [-0.25, -0.2) is 9.97 Å². The molecule has 0 aliphatic carbocycles. The first-order valence-corrected chi connectivity index (χ1v) is 12.3. The minimum Gasteiger partial charge on any atom is -0.369 e. The molecule has 2 aliphatic heterocycles. The SMILES string of the molecule is CNCCCNc1nc(CN2CCN(C(=O)CC3=CCC=CS3)CC2)nc2ccccc12. The van der Waals surface area contributed by atoms with Gasteiger partial charge in [0.2, 0.25) is 5.91 Å².